The second kappa shape index (κ2) is 5.52. The molecule has 2 aromatic rings. The van der Waals surface area contributed by atoms with Gasteiger partial charge < -0.3 is 15.8 Å². The van der Waals surface area contributed by atoms with Crippen molar-refractivity contribution in [2.45, 2.75) is 6.10 Å². The molecule has 0 spiro atoms. The molecule has 0 aromatic heterocycles. The molecular formula is C15H14Cl2N2O. The second-order valence-electron chi connectivity index (χ2n) is 4.64. The number of para-hydroxylation sites is 1. The molecule has 2 aromatic carbocycles. The molecule has 0 aliphatic carbocycles. The van der Waals surface area contributed by atoms with Gasteiger partial charge in [0, 0.05) is 17.7 Å². The fourth-order valence-electron chi connectivity index (χ4n) is 2.32. The molecule has 1 aliphatic heterocycles. The summed E-state index contributed by atoms with van der Waals surface area (Å²) in [6.45, 7) is 1.15. The van der Waals surface area contributed by atoms with Gasteiger partial charge >= 0.3 is 0 Å². The molecule has 20 heavy (non-hydrogen) atoms. The van der Waals surface area contributed by atoms with Gasteiger partial charge in [0.2, 0.25) is 0 Å². The van der Waals surface area contributed by atoms with E-state index in [1.165, 1.54) is 0 Å². The number of hydrogen-bond donors (Lipinski definition) is 2. The minimum absolute atomic E-state index is 0.0510. The number of ether oxygens (including phenoxy) is 1. The predicted molar refractivity (Wildman–Crippen MR) is 83.9 cm³/mol. The zero-order valence-electron chi connectivity index (χ0n) is 10.7. The van der Waals surface area contributed by atoms with Gasteiger partial charge in [0.05, 0.1) is 22.3 Å². The van der Waals surface area contributed by atoms with Gasteiger partial charge in [-0.2, -0.15) is 0 Å². The van der Waals surface area contributed by atoms with E-state index in [-0.39, 0.29) is 6.10 Å². The van der Waals surface area contributed by atoms with Gasteiger partial charge in [0.1, 0.15) is 6.10 Å². The molecule has 1 heterocycles. The Morgan fingerprint density at radius 3 is 2.55 bits per heavy atom. The van der Waals surface area contributed by atoms with E-state index >= 15 is 0 Å². The molecule has 0 fully saturated rings. The molecule has 5 heteroatoms. The lowest BCUT2D eigenvalue weighted by Crippen LogP contribution is -2.37. The van der Waals surface area contributed by atoms with Crippen LogP contribution in [-0.4, -0.2) is 19.2 Å². The zero-order valence-corrected chi connectivity index (χ0v) is 12.2. The predicted octanol–water partition coefficient (Wildman–Crippen LogP) is 3.79. The van der Waals surface area contributed by atoms with Crippen LogP contribution in [0.2, 0.25) is 10.0 Å². The molecule has 0 saturated carbocycles. The summed E-state index contributed by atoms with van der Waals surface area (Å²) in [5, 5.41) is 4.52. The van der Waals surface area contributed by atoms with Gasteiger partial charge in [0.15, 0.2) is 5.75 Å². The van der Waals surface area contributed by atoms with Gasteiger partial charge in [-0.05, 0) is 18.2 Å². The van der Waals surface area contributed by atoms with Crippen LogP contribution in [0, 0.1) is 0 Å². The minimum atomic E-state index is -0.0510. The second-order valence-corrected chi connectivity index (χ2v) is 5.45. The van der Waals surface area contributed by atoms with Gasteiger partial charge in [0.25, 0.3) is 0 Å². The minimum Gasteiger partial charge on any atom is -0.484 e. The number of fused-ring (bicyclic) bond motifs is 1. The van der Waals surface area contributed by atoms with Gasteiger partial charge in [-0.1, -0.05) is 41.4 Å². The van der Waals surface area contributed by atoms with Crippen molar-refractivity contribution in [2.75, 3.05) is 18.4 Å². The van der Waals surface area contributed by atoms with Crippen molar-refractivity contribution in [3.05, 3.63) is 46.4 Å². The molecule has 0 radical (unpaired) electrons. The van der Waals surface area contributed by atoms with Crippen molar-refractivity contribution in [3.8, 4) is 16.9 Å². The molecule has 1 unspecified atom stereocenters. The molecule has 0 saturated heterocycles. The summed E-state index contributed by atoms with van der Waals surface area (Å²) in [6, 6.07) is 11.3. The van der Waals surface area contributed by atoms with E-state index in [1.54, 1.807) is 0 Å². The van der Waals surface area contributed by atoms with Gasteiger partial charge in [-0.25, -0.2) is 0 Å². The molecule has 0 amide bonds. The number of nitrogens with one attached hydrogen (secondary N) is 1. The van der Waals surface area contributed by atoms with Crippen LogP contribution in [0.5, 0.6) is 5.75 Å². The first-order valence-corrected chi connectivity index (χ1v) is 7.14. The van der Waals surface area contributed by atoms with E-state index in [0.29, 0.717) is 23.1 Å². The molecule has 1 aliphatic rings. The third kappa shape index (κ3) is 2.33. The molecule has 3 rings (SSSR count). The number of hydrogen-bond acceptors (Lipinski definition) is 3. The third-order valence-electron chi connectivity index (χ3n) is 3.31. The summed E-state index contributed by atoms with van der Waals surface area (Å²) < 4.78 is 5.97. The van der Waals surface area contributed by atoms with Crippen LogP contribution in [0.3, 0.4) is 0 Å². The Labute approximate surface area is 127 Å². The Morgan fingerprint density at radius 2 is 1.85 bits per heavy atom. The quantitative estimate of drug-likeness (QED) is 0.887. The summed E-state index contributed by atoms with van der Waals surface area (Å²) in [5.41, 5.74) is 8.29. The molecule has 3 nitrogen and oxygen atoms in total. The fourth-order valence-corrected chi connectivity index (χ4v) is 2.92. The number of nitrogens with two attached hydrogens (primary N) is 1. The lowest BCUT2D eigenvalue weighted by atomic mass is 10.0. The first-order chi connectivity index (χ1) is 9.70. The van der Waals surface area contributed by atoms with Gasteiger partial charge in [-0.3, -0.25) is 0 Å². The molecule has 3 N–H and O–H groups in total. The van der Waals surface area contributed by atoms with E-state index in [4.69, 9.17) is 33.7 Å². The maximum atomic E-state index is 6.29. The van der Waals surface area contributed by atoms with E-state index < -0.39 is 0 Å². The highest BCUT2D eigenvalue weighted by molar-refractivity contribution is 6.39. The van der Waals surface area contributed by atoms with Gasteiger partial charge in [-0.15, -0.1) is 0 Å². The molecule has 104 valence electrons. The Morgan fingerprint density at radius 1 is 1.15 bits per heavy atom. The van der Waals surface area contributed by atoms with E-state index in [9.17, 15) is 0 Å². The van der Waals surface area contributed by atoms with Crippen LogP contribution < -0.4 is 15.8 Å². The molecular weight excluding hydrogens is 295 g/mol. The van der Waals surface area contributed by atoms with E-state index in [1.807, 2.05) is 36.4 Å². The third-order valence-corrected chi connectivity index (χ3v) is 3.94. The highest BCUT2D eigenvalue weighted by atomic mass is 35.5. The summed E-state index contributed by atoms with van der Waals surface area (Å²) >= 11 is 12.6. The molecule has 0 bridgehead atoms. The number of benzene rings is 2. The molecule has 1 atom stereocenters. The standard InChI is InChI=1S/C15H14Cl2N2O/c16-11-4-2-5-12(17)14(11)10-3-1-6-13-15(10)20-9(7-18)8-19-13/h1-6,9,19H,7-8,18H2. The number of halogens is 2. The topological polar surface area (TPSA) is 47.3 Å². The fraction of sp³-hybridized carbons (Fsp3) is 0.200. The van der Waals surface area contributed by atoms with E-state index in [2.05, 4.69) is 5.32 Å². The average molecular weight is 309 g/mol. The zero-order chi connectivity index (χ0) is 14.1. The lowest BCUT2D eigenvalue weighted by molar-refractivity contribution is 0.215. The van der Waals surface area contributed by atoms with Crippen LogP contribution in [0.25, 0.3) is 11.1 Å². The van der Waals surface area contributed by atoms with Crippen molar-refractivity contribution in [1.29, 1.82) is 0 Å². The van der Waals surface area contributed by atoms with Crippen LogP contribution in [-0.2, 0) is 0 Å². The van der Waals surface area contributed by atoms with Crippen molar-refractivity contribution >= 4 is 28.9 Å². The summed E-state index contributed by atoms with van der Waals surface area (Å²) in [7, 11) is 0. The number of rotatable bonds is 2. The summed E-state index contributed by atoms with van der Waals surface area (Å²) in [4.78, 5) is 0. The Bertz CT molecular complexity index is 626. The summed E-state index contributed by atoms with van der Waals surface area (Å²) in [5.74, 6) is 0.754. The number of anilines is 1. The van der Waals surface area contributed by atoms with Crippen LogP contribution >= 0.6 is 23.2 Å². The van der Waals surface area contributed by atoms with Crippen molar-refractivity contribution in [1.82, 2.24) is 0 Å². The normalized spacial score (nSPS) is 17.1. The van der Waals surface area contributed by atoms with Crippen LogP contribution in [0.15, 0.2) is 36.4 Å². The first kappa shape index (κ1) is 13.6. The maximum absolute atomic E-state index is 6.29. The first-order valence-electron chi connectivity index (χ1n) is 6.38. The lowest BCUT2D eigenvalue weighted by Gasteiger charge is -2.28. The largest absolute Gasteiger partial charge is 0.484 e. The smallest absolute Gasteiger partial charge is 0.150 e. The van der Waals surface area contributed by atoms with Crippen molar-refractivity contribution in [2.24, 2.45) is 5.73 Å². The highest BCUT2D eigenvalue weighted by Gasteiger charge is 2.23. The average Bonchev–Trinajstić information content (AvgIpc) is 2.47. The summed E-state index contributed by atoms with van der Waals surface area (Å²) in [6.07, 6.45) is -0.0510. The van der Waals surface area contributed by atoms with E-state index in [0.717, 1.165) is 22.6 Å². The SMILES string of the molecule is NCC1CNc2cccc(-c3c(Cl)cccc3Cl)c2O1. The Balaban J connectivity index is 2.16. The maximum Gasteiger partial charge on any atom is 0.150 e. The van der Waals surface area contributed by atoms with Crippen molar-refractivity contribution < 1.29 is 4.74 Å². The Kier molecular flexibility index (Phi) is 3.74. The van der Waals surface area contributed by atoms with Crippen LogP contribution in [0.1, 0.15) is 0 Å². The monoisotopic (exact) mass is 308 g/mol. The van der Waals surface area contributed by atoms with Crippen LogP contribution in [0.4, 0.5) is 5.69 Å². The van der Waals surface area contributed by atoms with Crippen molar-refractivity contribution in [3.63, 3.8) is 0 Å². The highest BCUT2D eigenvalue weighted by Crippen LogP contribution is 2.44. The Hall–Kier alpha value is -1.42.